The van der Waals surface area contributed by atoms with E-state index in [2.05, 4.69) is 20.8 Å². The Morgan fingerprint density at radius 2 is 1.96 bits per heavy atom. The van der Waals surface area contributed by atoms with Gasteiger partial charge in [-0.25, -0.2) is 4.39 Å². The second-order valence-electron chi connectivity index (χ2n) is 6.92. The van der Waals surface area contributed by atoms with Crippen LogP contribution in [-0.4, -0.2) is 29.9 Å². The van der Waals surface area contributed by atoms with Crippen molar-refractivity contribution < 1.29 is 9.18 Å². The molecule has 1 amide bonds. The lowest BCUT2D eigenvalue weighted by atomic mass is 10.0. The van der Waals surface area contributed by atoms with Crippen LogP contribution in [-0.2, 0) is 17.8 Å². The third-order valence-electron chi connectivity index (χ3n) is 5.28. The molecule has 136 valence electrons. The molecule has 6 heteroatoms. The van der Waals surface area contributed by atoms with Crippen LogP contribution in [0.4, 0.5) is 10.1 Å². The van der Waals surface area contributed by atoms with E-state index in [9.17, 15) is 9.18 Å². The molecule has 1 saturated heterocycles. The van der Waals surface area contributed by atoms with E-state index in [0.29, 0.717) is 23.6 Å². The number of piperidine rings is 1. The number of carbonyl (C=O) groups is 1. The fourth-order valence-corrected chi connectivity index (χ4v) is 4.52. The summed E-state index contributed by atoms with van der Waals surface area (Å²) in [4.78, 5) is 16.7. The monoisotopic (exact) mass is 436 g/mol. The molecule has 0 saturated carbocycles. The first-order valence-corrected chi connectivity index (χ1v) is 9.96. The summed E-state index contributed by atoms with van der Waals surface area (Å²) in [6.45, 7) is 2.29. The van der Waals surface area contributed by atoms with E-state index in [1.165, 1.54) is 6.07 Å². The second kappa shape index (κ2) is 7.29. The minimum absolute atomic E-state index is 0.130. The molecule has 0 aliphatic carbocycles. The molecule has 0 bridgehead atoms. The van der Waals surface area contributed by atoms with E-state index in [4.69, 9.17) is 11.6 Å². The molecule has 0 atom stereocenters. The number of carbonyl (C=O) groups excluding carboxylic acids is 1. The van der Waals surface area contributed by atoms with Crippen molar-refractivity contribution in [2.45, 2.75) is 31.8 Å². The Hall–Kier alpha value is -1.43. The maximum atomic E-state index is 14.1. The van der Waals surface area contributed by atoms with Crippen molar-refractivity contribution in [2.75, 3.05) is 18.0 Å². The minimum atomic E-state index is -0.181. The van der Waals surface area contributed by atoms with Gasteiger partial charge in [0, 0.05) is 52.0 Å². The predicted molar refractivity (Wildman–Crippen MR) is 105 cm³/mol. The molecule has 3 nitrogen and oxygen atoms in total. The summed E-state index contributed by atoms with van der Waals surface area (Å²) in [6.07, 6.45) is 2.16. The molecule has 2 aliphatic rings. The number of amides is 1. The summed E-state index contributed by atoms with van der Waals surface area (Å²) in [6, 6.07) is 11.1. The molecule has 0 unspecified atom stereocenters. The van der Waals surface area contributed by atoms with Crippen molar-refractivity contribution in [3.8, 4) is 0 Å². The standard InChI is InChI=1S/C20H19BrClFN2O/c21-14-5-4-13(18(23)10-14)12-24-8-6-15(7-9-24)25-19-3-1-2-17(22)16(19)11-20(25)26/h1-5,10,15H,6-9,11-12H2. The van der Waals surface area contributed by atoms with Gasteiger partial charge in [-0.05, 0) is 37.1 Å². The number of rotatable bonds is 3. The maximum absolute atomic E-state index is 14.1. The van der Waals surface area contributed by atoms with E-state index >= 15 is 0 Å². The van der Waals surface area contributed by atoms with E-state index < -0.39 is 0 Å². The normalized spacial score (nSPS) is 18.4. The summed E-state index contributed by atoms with van der Waals surface area (Å²) in [7, 11) is 0. The molecule has 0 N–H and O–H groups in total. The number of likely N-dealkylation sites (tertiary alicyclic amines) is 1. The molecule has 26 heavy (non-hydrogen) atoms. The summed E-state index contributed by atoms with van der Waals surface area (Å²) >= 11 is 9.54. The number of halogens is 3. The van der Waals surface area contributed by atoms with Crippen molar-refractivity contribution in [1.82, 2.24) is 4.90 Å². The molecule has 2 aromatic rings. The first-order valence-electron chi connectivity index (χ1n) is 8.78. The zero-order valence-electron chi connectivity index (χ0n) is 14.2. The molecule has 0 radical (unpaired) electrons. The lowest BCUT2D eigenvalue weighted by Gasteiger charge is -2.37. The molecule has 0 spiro atoms. The highest BCUT2D eigenvalue weighted by Gasteiger charge is 2.35. The molecular formula is C20H19BrClFN2O. The molecular weight excluding hydrogens is 419 g/mol. The van der Waals surface area contributed by atoms with Crippen LogP contribution < -0.4 is 4.90 Å². The van der Waals surface area contributed by atoms with Gasteiger partial charge >= 0.3 is 0 Å². The summed E-state index contributed by atoms with van der Waals surface area (Å²) < 4.78 is 14.8. The van der Waals surface area contributed by atoms with Gasteiger partial charge in [0.1, 0.15) is 5.82 Å². The Balaban J connectivity index is 1.43. The Kier molecular flexibility index (Phi) is 5.04. The fourth-order valence-electron chi connectivity index (χ4n) is 3.95. The SMILES string of the molecule is O=C1Cc2c(Cl)cccc2N1C1CCN(Cc2ccc(Br)cc2F)CC1. The Labute approximate surface area is 165 Å². The van der Waals surface area contributed by atoms with Crippen LogP contribution in [0.5, 0.6) is 0 Å². The van der Waals surface area contributed by atoms with E-state index in [0.717, 1.165) is 41.7 Å². The Bertz CT molecular complexity index is 852. The molecule has 0 aromatic heterocycles. The van der Waals surface area contributed by atoms with Crippen LogP contribution in [0.15, 0.2) is 40.9 Å². The number of hydrogen-bond donors (Lipinski definition) is 0. The number of anilines is 1. The summed E-state index contributed by atoms with van der Waals surface area (Å²) in [5.41, 5.74) is 2.61. The van der Waals surface area contributed by atoms with Crippen molar-refractivity contribution in [2.24, 2.45) is 0 Å². The van der Waals surface area contributed by atoms with E-state index in [1.807, 2.05) is 35.2 Å². The minimum Gasteiger partial charge on any atom is -0.309 e. The maximum Gasteiger partial charge on any atom is 0.231 e. The fraction of sp³-hybridized carbons (Fsp3) is 0.350. The van der Waals surface area contributed by atoms with Crippen LogP contribution in [0.3, 0.4) is 0 Å². The van der Waals surface area contributed by atoms with Crippen LogP contribution in [0.25, 0.3) is 0 Å². The van der Waals surface area contributed by atoms with Gasteiger partial charge in [0.15, 0.2) is 0 Å². The third kappa shape index (κ3) is 3.40. The first kappa shape index (κ1) is 18.0. The highest BCUT2D eigenvalue weighted by Crippen LogP contribution is 2.37. The molecule has 4 rings (SSSR count). The van der Waals surface area contributed by atoms with Crippen LogP contribution in [0.2, 0.25) is 5.02 Å². The van der Waals surface area contributed by atoms with Crippen molar-refractivity contribution in [3.63, 3.8) is 0 Å². The van der Waals surface area contributed by atoms with Crippen molar-refractivity contribution >= 4 is 39.1 Å². The molecule has 1 fully saturated rings. The van der Waals surface area contributed by atoms with Gasteiger partial charge in [0.2, 0.25) is 5.91 Å². The predicted octanol–water partition coefficient (Wildman–Crippen LogP) is 4.80. The van der Waals surface area contributed by atoms with Crippen molar-refractivity contribution in [3.05, 3.63) is 62.8 Å². The Morgan fingerprint density at radius 3 is 2.69 bits per heavy atom. The average molecular weight is 438 g/mol. The second-order valence-corrected chi connectivity index (χ2v) is 8.24. The van der Waals surface area contributed by atoms with Gasteiger partial charge in [-0.1, -0.05) is 39.7 Å². The number of benzene rings is 2. The van der Waals surface area contributed by atoms with Gasteiger partial charge in [0.25, 0.3) is 0 Å². The van der Waals surface area contributed by atoms with Crippen LogP contribution >= 0.6 is 27.5 Å². The highest BCUT2D eigenvalue weighted by molar-refractivity contribution is 9.10. The summed E-state index contributed by atoms with van der Waals surface area (Å²) in [5.74, 6) is -0.0507. The lowest BCUT2D eigenvalue weighted by molar-refractivity contribution is -0.118. The highest BCUT2D eigenvalue weighted by atomic mass is 79.9. The third-order valence-corrected chi connectivity index (χ3v) is 6.13. The largest absolute Gasteiger partial charge is 0.309 e. The van der Waals surface area contributed by atoms with Gasteiger partial charge < -0.3 is 4.90 Å². The van der Waals surface area contributed by atoms with Gasteiger partial charge in [-0.2, -0.15) is 0 Å². The molecule has 2 aliphatic heterocycles. The van der Waals surface area contributed by atoms with Gasteiger partial charge in [-0.15, -0.1) is 0 Å². The summed E-state index contributed by atoms with van der Waals surface area (Å²) in [5, 5.41) is 0.668. The van der Waals surface area contributed by atoms with Crippen molar-refractivity contribution in [1.29, 1.82) is 0 Å². The number of nitrogens with zero attached hydrogens (tertiary/aromatic N) is 2. The van der Waals surface area contributed by atoms with E-state index in [1.54, 1.807) is 0 Å². The smallest absolute Gasteiger partial charge is 0.231 e. The zero-order chi connectivity index (χ0) is 18.3. The van der Waals surface area contributed by atoms with Gasteiger partial charge in [-0.3, -0.25) is 9.69 Å². The zero-order valence-corrected chi connectivity index (χ0v) is 16.6. The number of fused-ring (bicyclic) bond motifs is 1. The topological polar surface area (TPSA) is 23.6 Å². The average Bonchev–Trinajstić information content (AvgIpc) is 2.96. The van der Waals surface area contributed by atoms with Crippen LogP contribution in [0.1, 0.15) is 24.0 Å². The first-order chi connectivity index (χ1) is 12.5. The van der Waals surface area contributed by atoms with E-state index in [-0.39, 0.29) is 17.8 Å². The Morgan fingerprint density at radius 1 is 1.19 bits per heavy atom. The molecule has 2 aromatic carbocycles. The van der Waals surface area contributed by atoms with Gasteiger partial charge in [0.05, 0.1) is 6.42 Å². The quantitative estimate of drug-likeness (QED) is 0.689. The number of hydrogen-bond acceptors (Lipinski definition) is 2. The van der Waals surface area contributed by atoms with Crippen LogP contribution in [0, 0.1) is 5.82 Å². The molecule has 2 heterocycles. The lowest BCUT2D eigenvalue weighted by Crippen LogP contribution is -2.46.